The molecule has 0 N–H and O–H groups in total. The molecule has 228 valence electrons. The summed E-state index contributed by atoms with van der Waals surface area (Å²) in [6.45, 7) is 9.01. The van der Waals surface area contributed by atoms with Gasteiger partial charge in [0.05, 0.1) is 46.6 Å². The molecular weight excluding hydrogens is 581 g/mol. The number of nitrogens with zero attached hydrogens (tertiary/aromatic N) is 7. The summed E-state index contributed by atoms with van der Waals surface area (Å²) < 4.78 is 22.4. The van der Waals surface area contributed by atoms with E-state index in [1.165, 1.54) is 6.20 Å². The SMILES string of the molecule is CCN1CC(F)(COc2cc(-c3cnc(N4CCC(C)(CC(=O)c5c(C)cccc5Cl)CC4)cn3)c3c(C#N)cnn3c2)C1. The molecule has 0 aliphatic carbocycles. The van der Waals surface area contributed by atoms with E-state index >= 15 is 0 Å². The van der Waals surface area contributed by atoms with E-state index in [-0.39, 0.29) is 17.8 Å². The number of carbonyl (C=O) groups excluding carboxylic acids is 1. The van der Waals surface area contributed by atoms with Crippen LogP contribution in [0.5, 0.6) is 5.75 Å². The number of pyridine rings is 1. The monoisotopic (exact) mass is 615 g/mol. The van der Waals surface area contributed by atoms with Gasteiger partial charge in [-0.15, -0.1) is 0 Å². The zero-order valence-electron chi connectivity index (χ0n) is 25.2. The highest BCUT2D eigenvalue weighted by molar-refractivity contribution is 6.34. The van der Waals surface area contributed by atoms with Crippen molar-refractivity contribution in [3.05, 3.63) is 70.8 Å². The van der Waals surface area contributed by atoms with Gasteiger partial charge in [0.15, 0.2) is 11.5 Å². The zero-order chi connectivity index (χ0) is 31.1. The maximum Gasteiger partial charge on any atom is 0.169 e. The number of anilines is 1. The minimum atomic E-state index is -1.39. The van der Waals surface area contributed by atoms with Crippen molar-refractivity contribution >= 4 is 28.7 Å². The van der Waals surface area contributed by atoms with Crippen LogP contribution in [-0.4, -0.2) is 75.3 Å². The van der Waals surface area contributed by atoms with Crippen molar-refractivity contribution in [3.63, 3.8) is 0 Å². The number of aryl methyl sites for hydroxylation is 1. The molecule has 0 bridgehead atoms. The number of ether oxygens (including phenoxy) is 1. The lowest BCUT2D eigenvalue weighted by Crippen LogP contribution is -2.61. The molecule has 2 fully saturated rings. The highest BCUT2D eigenvalue weighted by Gasteiger charge is 2.43. The van der Waals surface area contributed by atoms with E-state index in [1.54, 1.807) is 35.2 Å². The van der Waals surface area contributed by atoms with Gasteiger partial charge in [-0.05, 0) is 49.4 Å². The molecule has 0 unspecified atom stereocenters. The zero-order valence-corrected chi connectivity index (χ0v) is 25.9. The Hall–Kier alpha value is -4.07. The van der Waals surface area contributed by atoms with Crippen LogP contribution in [0.1, 0.15) is 54.6 Å². The second-order valence-electron chi connectivity index (χ2n) is 12.4. The average Bonchev–Trinajstić information content (AvgIpc) is 3.41. The van der Waals surface area contributed by atoms with E-state index < -0.39 is 5.67 Å². The van der Waals surface area contributed by atoms with E-state index in [0.717, 1.165) is 43.9 Å². The first-order valence-electron chi connectivity index (χ1n) is 14.9. The summed E-state index contributed by atoms with van der Waals surface area (Å²) in [5, 5.41) is 14.5. The Balaban J connectivity index is 1.16. The number of nitriles is 1. The summed E-state index contributed by atoms with van der Waals surface area (Å²) in [6, 6.07) is 9.51. The number of hydrogen-bond donors (Lipinski definition) is 0. The summed E-state index contributed by atoms with van der Waals surface area (Å²) in [6.07, 6.45) is 8.67. The molecule has 0 amide bonds. The van der Waals surface area contributed by atoms with Crippen LogP contribution >= 0.6 is 11.6 Å². The Bertz CT molecular complexity index is 1720. The van der Waals surface area contributed by atoms with Crippen LogP contribution in [0.4, 0.5) is 10.2 Å². The van der Waals surface area contributed by atoms with Gasteiger partial charge in [-0.25, -0.2) is 13.9 Å². The van der Waals surface area contributed by atoms with Crippen molar-refractivity contribution in [1.82, 2.24) is 24.5 Å². The summed E-state index contributed by atoms with van der Waals surface area (Å²) in [4.78, 5) is 26.8. The first-order chi connectivity index (χ1) is 21.1. The maximum atomic E-state index is 15.0. The molecule has 0 spiro atoms. The average molecular weight is 616 g/mol. The molecule has 9 nitrogen and oxygen atoms in total. The second kappa shape index (κ2) is 11.8. The molecule has 0 radical (unpaired) electrons. The van der Waals surface area contributed by atoms with Gasteiger partial charge in [0, 0.05) is 43.7 Å². The topological polar surface area (TPSA) is 99.6 Å². The van der Waals surface area contributed by atoms with Gasteiger partial charge in [0.2, 0.25) is 0 Å². The van der Waals surface area contributed by atoms with Gasteiger partial charge in [0.1, 0.15) is 24.2 Å². The molecule has 2 aliphatic heterocycles. The molecule has 2 aliphatic rings. The molecule has 11 heteroatoms. The number of likely N-dealkylation sites (tertiary alicyclic amines) is 1. The third-order valence-corrected chi connectivity index (χ3v) is 9.28. The fraction of sp³-hybridized carbons (Fsp3) is 0.424. The van der Waals surface area contributed by atoms with E-state index in [4.69, 9.17) is 26.3 Å². The number of benzene rings is 1. The molecule has 6 rings (SSSR count). The Morgan fingerprint density at radius 3 is 2.61 bits per heavy atom. The Morgan fingerprint density at radius 1 is 1.18 bits per heavy atom. The molecule has 0 atom stereocenters. The van der Waals surface area contributed by atoms with Gasteiger partial charge in [-0.3, -0.25) is 14.7 Å². The highest BCUT2D eigenvalue weighted by atomic mass is 35.5. The summed E-state index contributed by atoms with van der Waals surface area (Å²) in [5.74, 6) is 1.26. The lowest BCUT2D eigenvalue weighted by molar-refractivity contribution is -0.0574. The van der Waals surface area contributed by atoms with Crippen LogP contribution < -0.4 is 9.64 Å². The highest BCUT2D eigenvalue weighted by Crippen LogP contribution is 2.38. The number of alkyl halides is 1. The molecule has 4 aromatic rings. The smallest absolute Gasteiger partial charge is 0.169 e. The normalized spacial score (nSPS) is 17.7. The predicted octanol–water partition coefficient (Wildman–Crippen LogP) is 5.93. The fourth-order valence-electron chi connectivity index (χ4n) is 6.27. The number of hydrogen-bond acceptors (Lipinski definition) is 8. The number of rotatable bonds is 9. The number of halogens is 2. The number of piperidine rings is 1. The van der Waals surface area contributed by atoms with E-state index in [1.807, 2.05) is 30.9 Å². The lowest BCUT2D eigenvalue weighted by Gasteiger charge is -2.43. The van der Waals surface area contributed by atoms with Crippen molar-refractivity contribution in [2.24, 2.45) is 5.41 Å². The Kier molecular flexibility index (Phi) is 8.03. The Morgan fingerprint density at radius 2 is 1.95 bits per heavy atom. The molecule has 0 saturated carbocycles. The fourth-order valence-corrected chi connectivity index (χ4v) is 6.60. The Labute approximate surface area is 261 Å². The van der Waals surface area contributed by atoms with Crippen LogP contribution in [0.25, 0.3) is 16.8 Å². The second-order valence-corrected chi connectivity index (χ2v) is 12.8. The van der Waals surface area contributed by atoms with Crippen LogP contribution in [0.15, 0.2) is 49.1 Å². The van der Waals surface area contributed by atoms with Crippen molar-refractivity contribution in [1.29, 1.82) is 5.26 Å². The molecule has 44 heavy (non-hydrogen) atoms. The van der Waals surface area contributed by atoms with Crippen LogP contribution in [0.2, 0.25) is 5.02 Å². The summed E-state index contributed by atoms with van der Waals surface area (Å²) in [5.41, 5.74) is 2.17. The molecule has 3 aromatic heterocycles. The number of Topliss-reactive ketones (excluding diaryl/α,β-unsaturated/α-hetero) is 1. The van der Waals surface area contributed by atoms with E-state index in [0.29, 0.717) is 58.2 Å². The van der Waals surface area contributed by atoms with E-state index in [9.17, 15) is 14.4 Å². The third kappa shape index (κ3) is 5.86. The minimum absolute atomic E-state index is 0.0666. The largest absolute Gasteiger partial charge is 0.489 e. The standard InChI is InChI=1S/C33H35ClFN7O2/c1-4-40-19-33(35,20-40)21-44-24-12-25(31-23(14-36)15-39-42(31)18-24)27-16-38-29(17-37-27)41-10-8-32(3,9-11-41)13-28(43)30-22(2)6-5-7-26(30)34/h5-7,12,15-18H,4,8-11,13,19-21H2,1-3H3. The first kappa shape index (κ1) is 30.0. The van der Waals surface area contributed by atoms with Crippen molar-refractivity contribution < 1.29 is 13.9 Å². The van der Waals surface area contributed by atoms with Gasteiger partial charge < -0.3 is 9.64 Å². The number of carbonyl (C=O) groups is 1. The summed E-state index contributed by atoms with van der Waals surface area (Å²) in [7, 11) is 0. The molecule has 5 heterocycles. The molecule has 1 aromatic carbocycles. The minimum Gasteiger partial charge on any atom is -0.489 e. The number of aromatic nitrogens is 4. The predicted molar refractivity (Wildman–Crippen MR) is 167 cm³/mol. The van der Waals surface area contributed by atoms with Crippen LogP contribution in [0, 0.1) is 23.7 Å². The maximum absolute atomic E-state index is 15.0. The first-order valence-corrected chi connectivity index (χ1v) is 15.3. The van der Waals surface area contributed by atoms with Gasteiger partial charge in [-0.2, -0.15) is 10.4 Å². The third-order valence-electron chi connectivity index (χ3n) is 8.96. The van der Waals surface area contributed by atoms with Crippen molar-refractivity contribution in [2.75, 3.05) is 44.2 Å². The number of fused-ring (bicyclic) bond motifs is 1. The van der Waals surface area contributed by atoms with Gasteiger partial charge >= 0.3 is 0 Å². The van der Waals surface area contributed by atoms with Gasteiger partial charge in [-0.1, -0.05) is 37.6 Å². The quantitative estimate of drug-likeness (QED) is 0.214. The van der Waals surface area contributed by atoms with Gasteiger partial charge in [0.25, 0.3) is 0 Å². The molecule has 2 saturated heterocycles. The van der Waals surface area contributed by atoms with Crippen molar-refractivity contribution in [2.45, 2.75) is 45.7 Å². The van der Waals surface area contributed by atoms with E-state index in [2.05, 4.69) is 23.0 Å². The summed E-state index contributed by atoms with van der Waals surface area (Å²) >= 11 is 6.36. The van der Waals surface area contributed by atoms with Crippen molar-refractivity contribution in [3.8, 4) is 23.1 Å². The van der Waals surface area contributed by atoms with Crippen LogP contribution in [-0.2, 0) is 0 Å². The number of ketones is 1. The lowest BCUT2D eigenvalue weighted by atomic mass is 9.75. The molecular formula is C33H35ClFN7O2. The van der Waals surface area contributed by atoms with Crippen LogP contribution in [0.3, 0.4) is 0 Å².